The fourth-order valence-electron chi connectivity index (χ4n) is 1.88. The summed E-state index contributed by atoms with van der Waals surface area (Å²) in [5.41, 5.74) is 3.23. The van der Waals surface area contributed by atoms with Crippen LogP contribution in [0, 0.1) is 0 Å². The van der Waals surface area contributed by atoms with Gasteiger partial charge in [0.1, 0.15) is 0 Å². The van der Waals surface area contributed by atoms with Gasteiger partial charge in [0.25, 0.3) is 0 Å². The molecule has 0 fully saturated rings. The van der Waals surface area contributed by atoms with E-state index in [-0.39, 0.29) is 11.7 Å². The van der Waals surface area contributed by atoms with Gasteiger partial charge in [-0.2, -0.15) is 5.10 Å². The van der Waals surface area contributed by atoms with E-state index in [2.05, 4.69) is 33.4 Å². The van der Waals surface area contributed by atoms with Gasteiger partial charge in [-0.3, -0.25) is 4.79 Å². The van der Waals surface area contributed by atoms with Crippen LogP contribution in [0.1, 0.15) is 51.5 Å². The third kappa shape index (κ3) is 6.47. The lowest BCUT2D eigenvalue weighted by molar-refractivity contribution is -0.121. The Kier molecular flexibility index (Phi) is 8.58. The largest absolute Gasteiger partial charge is 0.503 e. The van der Waals surface area contributed by atoms with Gasteiger partial charge in [-0.25, -0.2) is 5.43 Å². The van der Waals surface area contributed by atoms with Crippen LogP contribution in [0.4, 0.5) is 0 Å². The second-order valence-electron chi connectivity index (χ2n) is 4.89. The molecule has 0 aromatic heterocycles. The predicted octanol–water partition coefficient (Wildman–Crippen LogP) is 3.97. The number of hydrazone groups is 1. The molecule has 0 aliphatic heterocycles. The summed E-state index contributed by atoms with van der Waals surface area (Å²) < 4.78 is 5.85. The number of nitrogens with one attached hydrogen (secondary N) is 1. The zero-order valence-electron chi connectivity index (χ0n) is 13.1. The molecule has 0 aliphatic carbocycles. The van der Waals surface area contributed by atoms with Crippen LogP contribution in [0.5, 0.6) is 11.5 Å². The summed E-state index contributed by atoms with van der Waals surface area (Å²) in [4.78, 5) is 11.6. The molecule has 0 saturated heterocycles. The van der Waals surface area contributed by atoms with E-state index in [1.807, 2.05) is 6.92 Å². The minimum atomic E-state index is -0.0878. The molecule has 1 amide bonds. The highest BCUT2D eigenvalue weighted by molar-refractivity contribution is 9.10. The minimum absolute atomic E-state index is 0.0546. The minimum Gasteiger partial charge on any atom is -0.503 e. The maximum absolute atomic E-state index is 11.6. The highest BCUT2D eigenvalue weighted by Crippen LogP contribution is 2.34. The number of unbranched alkanes of at least 4 members (excludes halogenated alkanes) is 3. The van der Waals surface area contributed by atoms with Crippen LogP contribution < -0.4 is 10.2 Å². The molecule has 1 aromatic rings. The summed E-state index contributed by atoms with van der Waals surface area (Å²) in [5, 5.41) is 13.8. The predicted molar refractivity (Wildman–Crippen MR) is 91.5 cm³/mol. The molecule has 0 heterocycles. The standard InChI is InChI=1S/C16H23BrN2O3/c1-3-5-6-7-8-15(20)19-18-11-12-9-13(17)16(21)14(10-12)22-4-2/h9-11,21H,3-8H2,1-2H3,(H,19,20)/b18-11+. The van der Waals surface area contributed by atoms with Crippen molar-refractivity contribution in [3.8, 4) is 11.5 Å². The van der Waals surface area contributed by atoms with Gasteiger partial charge in [-0.15, -0.1) is 0 Å². The maximum atomic E-state index is 11.6. The van der Waals surface area contributed by atoms with Gasteiger partial charge >= 0.3 is 0 Å². The average Bonchev–Trinajstić information content (AvgIpc) is 2.49. The summed E-state index contributed by atoms with van der Waals surface area (Å²) in [7, 11) is 0. The summed E-state index contributed by atoms with van der Waals surface area (Å²) in [6.45, 7) is 4.43. The van der Waals surface area contributed by atoms with Crippen molar-refractivity contribution in [1.29, 1.82) is 0 Å². The van der Waals surface area contributed by atoms with Crippen molar-refractivity contribution >= 4 is 28.1 Å². The van der Waals surface area contributed by atoms with Crippen LogP contribution in [0.15, 0.2) is 21.7 Å². The van der Waals surface area contributed by atoms with Crippen LogP contribution in [0.3, 0.4) is 0 Å². The van der Waals surface area contributed by atoms with E-state index < -0.39 is 0 Å². The fraction of sp³-hybridized carbons (Fsp3) is 0.500. The number of phenolic OH excluding ortho intramolecular Hbond substituents is 1. The summed E-state index contributed by atoms with van der Waals surface area (Å²) in [6, 6.07) is 3.37. The summed E-state index contributed by atoms with van der Waals surface area (Å²) in [5.74, 6) is 0.346. The van der Waals surface area contributed by atoms with Gasteiger partial charge < -0.3 is 9.84 Å². The van der Waals surface area contributed by atoms with Crippen LogP contribution in [-0.4, -0.2) is 23.8 Å². The lowest BCUT2D eigenvalue weighted by Gasteiger charge is -2.08. The smallest absolute Gasteiger partial charge is 0.240 e. The third-order valence-electron chi connectivity index (χ3n) is 3.01. The quantitative estimate of drug-likeness (QED) is 0.392. The zero-order valence-corrected chi connectivity index (χ0v) is 14.6. The molecule has 122 valence electrons. The van der Waals surface area contributed by atoms with Crippen LogP contribution in [0.2, 0.25) is 0 Å². The number of halogens is 1. The van der Waals surface area contributed by atoms with Gasteiger partial charge in [-0.05, 0) is 47.0 Å². The van der Waals surface area contributed by atoms with Gasteiger partial charge in [0, 0.05) is 6.42 Å². The molecule has 0 saturated carbocycles. The highest BCUT2D eigenvalue weighted by atomic mass is 79.9. The van der Waals surface area contributed by atoms with E-state index in [9.17, 15) is 9.90 Å². The van der Waals surface area contributed by atoms with Crippen LogP contribution in [0.25, 0.3) is 0 Å². The molecule has 0 spiro atoms. The number of amides is 1. The maximum Gasteiger partial charge on any atom is 0.240 e. The Balaban J connectivity index is 2.54. The molecule has 0 atom stereocenters. The summed E-state index contributed by atoms with van der Waals surface area (Å²) in [6.07, 6.45) is 6.26. The van der Waals surface area contributed by atoms with Crippen molar-refractivity contribution in [2.45, 2.75) is 46.0 Å². The van der Waals surface area contributed by atoms with Crippen molar-refractivity contribution in [1.82, 2.24) is 5.43 Å². The molecule has 2 N–H and O–H groups in total. The molecule has 1 rings (SSSR count). The molecule has 22 heavy (non-hydrogen) atoms. The van der Waals surface area contributed by atoms with Crippen molar-refractivity contribution in [3.05, 3.63) is 22.2 Å². The average molecular weight is 371 g/mol. The Bertz CT molecular complexity index is 518. The van der Waals surface area contributed by atoms with Crippen molar-refractivity contribution < 1.29 is 14.6 Å². The van der Waals surface area contributed by atoms with E-state index in [0.717, 1.165) is 31.2 Å². The molecule has 6 heteroatoms. The Morgan fingerprint density at radius 1 is 1.36 bits per heavy atom. The first kappa shape index (κ1) is 18.5. The third-order valence-corrected chi connectivity index (χ3v) is 3.62. The van der Waals surface area contributed by atoms with Crippen LogP contribution in [-0.2, 0) is 4.79 Å². The van der Waals surface area contributed by atoms with Crippen molar-refractivity contribution in [2.24, 2.45) is 5.10 Å². The van der Waals surface area contributed by atoms with E-state index in [1.165, 1.54) is 6.21 Å². The molecule has 0 unspecified atom stereocenters. The number of nitrogens with zero attached hydrogens (tertiary/aromatic N) is 1. The summed E-state index contributed by atoms with van der Waals surface area (Å²) >= 11 is 3.26. The number of aromatic hydroxyl groups is 1. The van der Waals surface area contributed by atoms with E-state index >= 15 is 0 Å². The second kappa shape index (κ2) is 10.2. The number of carbonyl (C=O) groups is 1. The molecule has 0 bridgehead atoms. The number of carbonyl (C=O) groups excluding carboxylic acids is 1. The topological polar surface area (TPSA) is 70.9 Å². The molecule has 5 nitrogen and oxygen atoms in total. The Labute approximate surface area is 139 Å². The molecular formula is C16H23BrN2O3. The number of hydrogen-bond donors (Lipinski definition) is 2. The number of benzene rings is 1. The van der Waals surface area contributed by atoms with Crippen molar-refractivity contribution in [3.63, 3.8) is 0 Å². The normalized spacial score (nSPS) is 10.9. The SMILES string of the molecule is CCCCCCC(=O)N/N=C/c1cc(Br)c(O)c(OCC)c1. The second-order valence-corrected chi connectivity index (χ2v) is 5.74. The fourth-order valence-corrected chi connectivity index (χ4v) is 2.34. The van der Waals surface area contributed by atoms with Gasteiger partial charge in [0.15, 0.2) is 11.5 Å². The number of rotatable bonds is 9. The van der Waals surface area contributed by atoms with E-state index in [1.54, 1.807) is 12.1 Å². The molecule has 1 aromatic carbocycles. The Morgan fingerprint density at radius 3 is 2.82 bits per heavy atom. The molecule has 0 radical (unpaired) electrons. The van der Waals surface area contributed by atoms with Crippen molar-refractivity contribution in [2.75, 3.05) is 6.61 Å². The number of phenols is 1. The number of hydrogen-bond acceptors (Lipinski definition) is 4. The first-order chi connectivity index (χ1) is 10.6. The van der Waals surface area contributed by atoms with E-state index in [0.29, 0.717) is 23.2 Å². The highest BCUT2D eigenvalue weighted by Gasteiger charge is 2.08. The first-order valence-corrected chi connectivity index (χ1v) is 8.35. The molecular weight excluding hydrogens is 348 g/mol. The zero-order chi connectivity index (χ0) is 16.4. The first-order valence-electron chi connectivity index (χ1n) is 7.55. The van der Waals surface area contributed by atoms with E-state index in [4.69, 9.17) is 4.74 Å². The van der Waals surface area contributed by atoms with Gasteiger partial charge in [0.05, 0.1) is 17.3 Å². The number of ether oxygens (including phenoxy) is 1. The lowest BCUT2D eigenvalue weighted by atomic mass is 10.1. The van der Waals surface area contributed by atoms with Gasteiger partial charge in [0.2, 0.25) is 5.91 Å². The molecule has 0 aliphatic rings. The lowest BCUT2D eigenvalue weighted by Crippen LogP contribution is -2.16. The Morgan fingerprint density at radius 2 is 2.14 bits per heavy atom. The Hall–Kier alpha value is -1.56. The monoisotopic (exact) mass is 370 g/mol. The van der Waals surface area contributed by atoms with Crippen LogP contribution >= 0.6 is 15.9 Å². The van der Waals surface area contributed by atoms with Gasteiger partial charge in [-0.1, -0.05) is 26.2 Å².